The molecule has 0 bridgehead atoms. The summed E-state index contributed by atoms with van der Waals surface area (Å²) in [5.74, 6) is -2.57. The minimum Gasteiger partial charge on any atom is -0.352 e. The summed E-state index contributed by atoms with van der Waals surface area (Å²) in [5.41, 5.74) is 4.20. The predicted octanol–water partition coefficient (Wildman–Crippen LogP) is 2.92. The van der Waals surface area contributed by atoms with Gasteiger partial charge in [-0.15, -0.1) is 0 Å². The van der Waals surface area contributed by atoms with Crippen LogP contribution in [0.15, 0.2) is 47.6 Å². The molecule has 9 heteroatoms. The molecule has 0 fully saturated rings. The maximum atomic E-state index is 12.9. The Morgan fingerprint density at radius 2 is 1.76 bits per heavy atom. The zero-order valence-electron chi connectivity index (χ0n) is 15.9. The van der Waals surface area contributed by atoms with E-state index in [0.29, 0.717) is 22.0 Å². The van der Waals surface area contributed by atoms with E-state index in [9.17, 15) is 18.8 Å². The molecule has 7 nitrogen and oxygen atoms in total. The van der Waals surface area contributed by atoms with Gasteiger partial charge in [0.15, 0.2) is 0 Å². The van der Waals surface area contributed by atoms with E-state index in [-0.39, 0.29) is 24.7 Å². The van der Waals surface area contributed by atoms with Crippen molar-refractivity contribution in [1.29, 1.82) is 0 Å². The fourth-order valence-corrected chi connectivity index (χ4v) is 2.43. The molecule has 0 atom stereocenters. The average Bonchev–Trinajstić information content (AvgIpc) is 2.69. The molecule has 2 aromatic carbocycles. The van der Waals surface area contributed by atoms with Crippen molar-refractivity contribution in [3.05, 3.63) is 64.4 Å². The molecule has 0 aliphatic carbocycles. The highest BCUT2D eigenvalue weighted by atomic mass is 35.5. The van der Waals surface area contributed by atoms with Crippen LogP contribution in [-0.4, -0.2) is 23.4 Å². The Bertz CT molecular complexity index is 945. The molecule has 0 unspecified atom stereocenters. The summed E-state index contributed by atoms with van der Waals surface area (Å²) < 4.78 is 12.9. The first kappa shape index (κ1) is 22.0. The van der Waals surface area contributed by atoms with Crippen molar-refractivity contribution in [2.24, 2.45) is 5.10 Å². The first-order chi connectivity index (χ1) is 13.8. The van der Waals surface area contributed by atoms with Gasteiger partial charge in [-0.3, -0.25) is 14.4 Å². The van der Waals surface area contributed by atoms with Crippen LogP contribution in [0.1, 0.15) is 24.5 Å². The quantitative estimate of drug-likeness (QED) is 0.382. The number of nitrogens with one attached hydrogen (secondary N) is 3. The van der Waals surface area contributed by atoms with E-state index in [0.717, 1.165) is 5.56 Å². The van der Waals surface area contributed by atoms with Crippen molar-refractivity contribution in [1.82, 2.24) is 10.7 Å². The van der Waals surface area contributed by atoms with E-state index < -0.39 is 11.8 Å². The third kappa shape index (κ3) is 7.00. The van der Waals surface area contributed by atoms with Gasteiger partial charge in [0.2, 0.25) is 5.91 Å². The van der Waals surface area contributed by atoms with Gasteiger partial charge >= 0.3 is 11.8 Å². The Labute approximate surface area is 172 Å². The van der Waals surface area contributed by atoms with Crippen LogP contribution in [0.2, 0.25) is 5.02 Å². The maximum Gasteiger partial charge on any atom is 0.329 e. The largest absolute Gasteiger partial charge is 0.352 e. The van der Waals surface area contributed by atoms with Crippen molar-refractivity contribution in [2.45, 2.75) is 26.8 Å². The highest BCUT2D eigenvalue weighted by Gasteiger charge is 2.15. The van der Waals surface area contributed by atoms with E-state index in [2.05, 4.69) is 21.2 Å². The Kier molecular flexibility index (Phi) is 7.85. The smallest absolute Gasteiger partial charge is 0.329 e. The summed E-state index contributed by atoms with van der Waals surface area (Å²) in [6.45, 7) is 3.49. The van der Waals surface area contributed by atoms with E-state index in [4.69, 9.17) is 11.6 Å². The van der Waals surface area contributed by atoms with Crippen LogP contribution in [0.3, 0.4) is 0 Å². The first-order valence-electron chi connectivity index (χ1n) is 8.67. The fraction of sp³-hybridized carbons (Fsp3) is 0.200. The highest BCUT2D eigenvalue weighted by Crippen LogP contribution is 2.22. The zero-order valence-corrected chi connectivity index (χ0v) is 16.6. The van der Waals surface area contributed by atoms with Gasteiger partial charge in [0.05, 0.1) is 6.42 Å². The average molecular weight is 419 g/mol. The molecule has 0 radical (unpaired) electrons. The third-order valence-corrected chi connectivity index (χ3v) is 4.30. The standard InChI is InChI=1S/C20H20ClFN4O3/c1-12(10-18(27)23-11-14-6-8-15(22)9-7-14)25-26-20(29)19(28)24-17-5-3-4-16(21)13(17)2/h3-9H,10-11H2,1-2H3,(H,23,27)(H,24,28)(H,26,29). The number of rotatable bonds is 6. The minimum absolute atomic E-state index is 0.0729. The summed E-state index contributed by atoms with van der Waals surface area (Å²) >= 11 is 5.97. The van der Waals surface area contributed by atoms with Gasteiger partial charge in [0.25, 0.3) is 0 Å². The molecular weight excluding hydrogens is 399 g/mol. The van der Waals surface area contributed by atoms with Crippen LogP contribution < -0.4 is 16.1 Å². The number of halogens is 2. The van der Waals surface area contributed by atoms with Crippen molar-refractivity contribution in [2.75, 3.05) is 5.32 Å². The fourth-order valence-electron chi connectivity index (χ4n) is 2.26. The normalized spacial score (nSPS) is 11.0. The number of hydrogen-bond acceptors (Lipinski definition) is 4. The molecule has 0 spiro atoms. The monoisotopic (exact) mass is 418 g/mol. The van der Waals surface area contributed by atoms with E-state index in [1.54, 1.807) is 37.3 Å². The lowest BCUT2D eigenvalue weighted by atomic mass is 10.2. The second-order valence-electron chi connectivity index (χ2n) is 6.23. The lowest BCUT2D eigenvalue weighted by Crippen LogP contribution is -2.33. The van der Waals surface area contributed by atoms with Crippen molar-refractivity contribution in [3.8, 4) is 0 Å². The Hall–Kier alpha value is -3.26. The van der Waals surface area contributed by atoms with E-state index in [1.165, 1.54) is 19.1 Å². The molecule has 0 saturated carbocycles. The van der Waals surface area contributed by atoms with Gasteiger partial charge in [-0.2, -0.15) is 5.10 Å². The Morgan fingerprint density at radius 1 is 1.07 bits per heavy atom. The van der Waals surface area contributed by atoms with Gasteiger partial charge < -0.3 is 10.6 Å². The molecule has 0 saturated heterocycles. The van der Waals surface area contributed by atoms with Gasteiger partial charge in [-0.05, 0) is 49.2 Å². The predicted molar refractivity (Wildman–Crippen MR) is 109 cm³/mol. The molecule has 0 aliphatic heterocycles. The number of carbonyl (C=O) groups excluding carboxylic acids is 3. The van der Waals surface area contributed by atoms with Crippen LogP contribution in [0.25, 0.3) is 0 Å². The number of hydrazone groups is 1. The zero-order chi connectivity index (χ0) is 21.4. The maximum absolute atomic E-state index is 12.9. The molecule has 3 amide bonds. The number of hydrogen-bond donors (Lipinski definition) is 3. The summed E-state index contributed by atoms with van der Waals surface area (Å²) in [6, 6.07) is 10.7. The van der Waals surface area contributed by atoms with Crippen molar-refractivity contribution < 1.29 is 18.8 Å². The summed E-state index contributed by atoms with van der Waals surface area (Å²) in [7, 11) is 0. The van der Waals surface area contributed by atoms with Gasteiger partial charge in [-0.25, -0.2) is 9.82 Å². The Balaban J connectivity index is 1.80. The molecular formula is C20H20ClFN4O3. The minimum atomic E-state index is -0.976. The number of carbonyl (C=O) groups is 3. The molecule has 0 aliphatic rings. The van der Waals surface area contributed by atoms with E-state index in [1.807, 2.05) is 0 Å². The third-order valence-electron chi connectivity index (χ3n) is 3.89. The van der Waals surface area contributed by atoms with Crippen LogP contribution in [0.5, 0.6) is 0 Å². The molecule has 0 aromatic heterocycles. The Morgan fingerprint density at radius 3 is 2.45 bits per heavy atom. The number of amides is 3. The summed E-state index contributed by atoms with van der Waals surface area (Å²) in [6.07, 6.45) is -0.0729. The van der Waals surface area contributed by atoms with Crippen LogP contribution in [-0.2, 0) is 20.9 Å². The van der Waals surface area contributed by atoms with Crippen molar-refractivity contribution in [3.63, 3.8) is 0 Å². The SMILES string of the molecule is CC(CC(=O)NCc1ccc(F)cc1)=NNC(=O)C(=O)Nc1cccc(Cl)c1C. The summed E-state index contributed by atoms with van der Waals surface area (Å²) in [4.78, 5) is 35.7. The number of anilines is 1. The van der Waals surface area contributed by atoms with Gasteiger partial charge in [0.1, 0.15) is 5.82 Å². The topological polar surface area (TPSA) is 99.7 Å². The molecule has 29 heavy (non-hydrogen) atoms. The number of nitrogens with zero attached hydrogens (tertiary/aromatic N) is 1. The van der Waals surface area contributed by atoms with Crippen LogP contribution in [0, 0.1) is 12.7 Å². The molecule has 0 heterocycles. The van der Waals surface area contributed by atoms with Crippen LogP contribution >= 0.6 is 11.6 Å². The summed E-state index contributed by atoms with van der Waals surface area (Å²) in [5, 5.41) is 9.32. The van der Waals surface area contributed by atoms with E-state index >= 15 is 0 Å². The second-order valence-corrected chi connectivity index (χ2v) is 6.64. The molecule has 2 rings (SSSR count). The molecule has 3 N–H and O–H groups in total. The van der Waals surface area contributed by atoms with Gasteiger partial charge in [0, 0.05) is 23.0 Å². The second kappa shape index (κ2) is 10.3. The van der Waals surface area contributed by atoms with Crippen LogP contribution in [0.4, 0.5) is 10.1 Å². The molecule has 152 valence electrons. The lowest BCUT2D eigenvalue weighted by molar-refractivity contribution is -0.136. The molecule has 2 aromatic rings. The number of benzene rings is 2. The highest BCUT2D eigenvalue weighted by molar-refractivity contribution is 6.40. The first-order valence-corrected chi connectivity index (χ1v) is 9.05. The van der Waals surface area contributed by atoms with Gasteiger partial charge in [-0.1, -0.05) is 29.8 Å². The lowest BCUT2D eigenvalue weighted by Gasteiger charge is -2.09. The van der Waals surface area contributed by atoms with Crippen molar-refractivity contribution >= 4 is 40.7 Å².